The second-order valence-electron chi connectivity index (χ2n) is 5.98. The van der Waals surface area contributed by atoms with Gasteiger partial charge in [-0.3, -0.25) is 4.79 Å². The van der Waals surface area contributed by atoms with Gasteiger partial charge in [-0.05, 0) is 35.4 Å². The van der Waals surface area contributed by atoms with Crippen molar-refractivity contribution in [2.75, 3.05) is 12.4 Å². The summed E-state index contributed by atoms with van der Waals surface area (Å²) >= 11 is 7.67. The molecule has 0 unspecified atom stereocenters. The Morgan fingerprint density at radius 3 is 2.76 bits per heavy atom. The summed E-state index contributed by atoms with van der Waals surface area (Å²) in [5.41, 5.74) is 4.10. The number of rotatable bonds is 3. The maximum Gasteiger partial charge on any atom is 0.225 e. The molecule has 5 heteroatoms. The average molecular weight is 370 g/mol. The van der Waals surface area contributed by atoms with Crippen molar-refractivity contribution >= 4 is 34.5 Å². The van der Waals surface area contributed by atoms with E-state index in [0.29, 0.717) is 11.4 Å². The molecule has 4 rings (SSSR count). The maximum absolute atomic E-state index is 12.3. The van der Waals surface area contributed by atoms with Gasteiger partial charge in [-0.1, -0.05) is 35.9 Å². The first kappa shape index (κ1) is 16.2. The van der Waals surface area contributed by atoms with Gasteiger partial charge in [0.15, 0.2) is 0 Å². The van der Waals surface area contributed by atoms with Crippen LogP contribution in [-0.2, 0) is 4.79 Å². The zero-order valence-electron chi connectivity index (χ0n) is 13.6. The van der Waals surface area contributed by atoms with E-state index in [2.05, 4.69) is 16.8 Å². The predicted molar refractivity (Wildman–Crippen MR) is 103 cm³/mol. The van der Waals surface area contributed by atoms with Crippen LogP contribution in [0.5, 0.6) is 5.75 Å². The molecule has 1 atom stereocenters. The number of hydrogen-bond donors (Lipinski definition) is 1. The van der Waals surface area contributed by atoms with Crippen LogP contribution in [0.15, 0.2) is 53.9 Å². The Hall–Kier alpha value is -2.30. The first-order valence-corrected chi connectivity index (χ1v) is 9.22. The largest absolute Gasteiger partial charge is 0.497 e. The lowest BCUT2D eigenvalue weighted by atomic mass is 9.89. The Morgan fingerprint density at radius 2 is 2.00 bits per heavy atom. The van der Waals surface area contributed by atoms with E-state index in [1.165, 1.54) is 4.88 Å². The Labute approximate surface area is 155 Å². The van der Waals surface area contributed by atoms with Crippen molar-refractivity contribution in [3.8, 4) is 16.9 Å². The van der Waals surface area contributed by atoms with Crippen LogP contribution in [0.3, 0.4) is 0 Å². The molecule has 25 heavy (non-hydrogen) atoms. The number of ether oxygens (including phenoxy) is 1. The first-order valence-electron chi connectivity index (χ1n) is 7.97. The lowest BCUT2D eigenvalue weighted by Gasteiger charge is -2.24. The van der Waals surface area contributed by atoms with Gasteiger partial charge < -0.3 is 10.1 Å². The molecule has 3 nitrogen and oxygen atoms in total. The van der Waals surface area contributed by atoms with Crippen molar-refractivity contribution in [3.63, 3.8) is 0 Å². The number of hydrogen-bond acceptors (Lipinski definition) is 3. The fraction of sp³-hybridized carbons (Fsp3) is 0.150. The van der Waals surface area contributed by atoms with Gasteiger partial charge in [0.1, 0.15) is 5.75 Å². The van der Waals surface area contributed by atoms with Crippen LogP contribution in [0.25, 0.3) is 11.1 Å². The summed E-state index contributed by atoms with van der Waals surface area (Å²) in [6.07, 6.45) is 0.445. The molecular formula is C20H16ClNO2S. The number of fused-ring (bicyclic) bond motifs is 1. The highest BCUT2D eigenvalue weighted by Crippen LogP contribution is 2.46. The molecule has 0 bridgehead atoms. The molecule has 2 heterocycles. The van der Waals surface area contributed by atoms with Crippen molar-refractivity contribution in [2.45, 2.75) is 12.3 Å². The zero-order valence-corrected chi connectivity index (χ0v) is 15.2. The number of thiophene rings is 1. The summed E-state index contributed by atoms with van der Waals surface area (Å²) in [5, 5.41) is 5.86. The van der Waals surface area contributed by atoms with E-state index in [9.17, 15) is 4.79 Å². The van der Waals surface area contributed by atoms with Crippen LogP contribution in [0, 0.1) is 0 Å². The lowest BCUT2D eigenvalue weighted by molar-refractivity contribution is -0.116. The summed E-state index contributed by atoms with van der Waals surface area (Å²) in [4.78, 5) is 13.5. The number of nitrogens with one attached hydrogen (secondary N) is 1. The first-order chi connectivity index (χ1) is 12.2. The van der Waals surface area contributed by atoms with Crippen molar-refractivity contribution < 1.29 is 9.53 Å². The molecule has 1 N–H and O–H groups in total. The molecule has 1 aliphatic rings. The number of methoxy groups -OCH3 is 1. The maximum atomic E-state index is 12.3. The van der Waals surface area contributed by atoms with Gasteiger partial charge in [-0.25, -0.2) is 0 Å². The zero-order chi connectivity index (χ0) is 17.4. The highest BCUT2D eigenvalue weighted by Gasteiger charge is 2.30. The Bertz CT molecular complexity index is 933. The van der Waals surface area contributed by atoms with E-state index in [0.717, 1.165) is 28.1 Å². The van der Waals surface area contributed by atoms with E-state index in [1.807, 2.05) is 42.5 Å². The summed E-state index contributed by atoms with van der Waals surface area (Å²) in [6.45, 7) is 0. The topological polar surface area (TPSA) is 38.3 Å². The van der Waals surface area contributed by atoms with Crippen molar-refractivity contribution in [1.82, 2.24) is 0 Å². The van der Waals surface area contributed by atoms with Gasteiger partial charge in [0, 0.05) is 33.2 Å². The molecule has 1 aromatic heterocycles. The molecule has 3 aromatic rings. The van der Waals surface area contributed by atoms with Crippen molar-refractivity contribution in [2.24, 2.45) is 0 Å². The minimum absolute atomic E-state index is 0.0360. The van der Waals surface area contributed by atoms with Crippen molar-refractivity contribution in [1.29, 1.82) is 0 Å². The Morgan fingerprint density at radius 1 is 1.20 bits per heavy atom. The second-order valence-corrected chi connectivity index (χ2v) is 7.32. The van der Waals surface area contributed by atoms with Crippen LogP contribution in [0.2, 0.25) is 5.02 Å². The quantitative estimate of drug-likeness (QED) is 0.657. The van der Waals surface area contributed by atoms with Crippen LogP contribution < -0.4 is 10.1 Å². The SMILES string of the molecule is COc1cccc([C@@H]2CC(=O)Nc3c(-c4ccc(Cl)cc4)csc32)c1. The van der Waals surface area contributed by atoms with E-state index in [-0.39, 0.29) is 11.8 Å². The van der Waals surface area contributed by atoms with Crippen LogP contribution in [0.1, 0.15) is 22.8 Å². The molecule has 1 aliphatic heterocycles. The smallest absolute Gasteiger partial charge is 0.225 e. The number of anilines is 1. The van der Waals surface area contributed by atoms with E-state index in [1.54, 1.807) is 18.4 Å². The fourth-order valence-corrected chi connectivity index (χ4v) is 4.48. The molecule has 0 saturated carbocycles. The minimum Gasteiger partial charge on any atom is -0.497 e. The van der Waals surface area contributed by atoms with Gasteiger partial charge in [0.05, 0.1) is 12.8 Å². The normalized spacial score (nSPS) is 16.2. The molecule has 0 radical (unpaired) electrons. The van der Waals surface area contributed by atoms with Gasteiger partial charge >= 0.3 is 0 Å². The van der Waals surface area contributed by atoms with E-state index >= 15 is 0 Å². The molecule has 0 saturated heterocycles. The number of carbonyl (C=O) groups is 1. The summed E-state index contributed by atoms with van der Waals surface area (Å²) < 4.78 is 5.34. The third-order valence-electron chi connectivity index (χ3n) is 4.44. The minimum atomic E-state index is 0.0360. The fourth-order valence-electron chi connectivity index (χ4n) is 3.20. The summed E-state index contributed by atoms with van der Waals surface area (Å²) in [6, 6.07) is 15.6. The number of carbonyl (C=O) groups excluding carboxylic acids is 1. The van der Waals surface area contributed by atoms with Crippen LogP contribution >= 0.6 is 22.9 Å². The second kappa shape index (κ2) is 6.54. The highest BCUT2D eigenvalue weighted by atomic mass is 35.5. The molecule has 0 aliphatic carbocycles. The van der Waals surface area contributed by atoms with E-state index in [4.69, 9.17) is 16.3 Å². The summed E-state index contributed by atoms with van der Waals surface area (Å²) in [7, 11) is 1.65. The summed E-state index contributed by atoms with van der Waals surface area (Å²) in [5.74, 6) is 0.887. The predicted octanol–water partition coefficient (Wildman–Crippen LogP) is 5.55. The monoisotopic (exact) mass is 369 g/mol. The molecule has 0 spiro atoms. The highest BCUT2D eigenvalue weighted by molar-refractivity contribution is 7.11. The molecule has 1 amide bonds. The lowest BCUT2D eigenvalue weighted by Crippen LogP contribution is -2.22. The third-order valence-corrected chi connectivity index (χ3v) is 5.79. The molecule has 2 aromatic carbocycles. The van der Waals surface area contributed by atoms with Crippen molar-refractivity contribution in [3.05, 3.63) is 69.4 Å². The molecule has 126 valence electrons. The Balaban J connectivity index is 1.79. The van der Waals surface area contributed by atoms with Crippen LogP contribution in [-0.4, -0.2) is 13.0 Å². The van der Waals surface area contributed by atoms with Gasteiger partial charge in [0.25, 0.3) is 0 Å². The standard InChI is InChI=1S/C20H16ClNO2S/c1-24-15-4-2-3-13(9-15)16-10-18(23)22-19-17(11-25-20(16)19)12-5-7-14(21)8-6-12/h2-9,11,16H,10H2,1H3,(H,22,23)/t16-/m0/s1. The number of amides is 1. The van der Waals surface area contributed by atoms with Gasteiger partial charge in [-0.2, -0.15) is 0 Å². The van der Waals surface area contributed by atoms with Gasteiger partial charge in [0.2, 0.25) is 5.91 Å². The molecular weight excluding hydrogens is 354 g/mol. The van der Waals surface area contributed by atoms with Crippen LogP contribution in [0.4, 0.5) is 5.69 Å². The molecule has 0 fully saturated rings. The Kier molecular flexibility index (Phi) is 4.24. The van der Waals surface area contributed by atoms with Gasteiger partial charge in [-0.15, -0.1) is 11.3 Å². The number of benzene rings is 2. The van der Waals surface area contributed by atoms with E-state index < -0.39 is 0 Å². The number of halogens is 1. The third kappa shape index (κ3) is 3.03. The average Bonchev–Trinajstić information content (AvgIpc) is 3.05.